The minimum atomic E-state index is -0.0551. The van der Waals surface area contributed by atoms with Gasteiger partial charge in [0.05, 0.1) is 0 Å². The molecule has 3 nitrogen and oxygen atoms in total. The SMILES string of the molecule is CCNC(=O)CCC(=O)c1cc(C)sc1C. The first-order valence-corrected chi connectivity index (χ1v) is 6.23. The van der Waals surface area contributed by atoms with Crippen LogP contribution in [0.25, 0.3) is 0 Å². The van der Waals surface area contributed by atoms with E-state index >= 15 is 0 Å². The lowest BCUT2D eigenvalue weighted by Crippen LogP contribution is -2.23. The maximum atomic E-state index is 11.8. The summed E-state index contributed by atoms with van der Waals surface area (Å²) in [6.45, 7) is 6.41. The van der Waals surface area contributed by atoms with Gasteiger partial charge in [0.25, 0.3) is 0 Å². The first kappa shape index (κ1) is 12.9. The van der Waals surface area contributed by atoms with E-state index in [2.05, 4.69) is 5.32 Å². The highest BCUT2D eigenvalue weighted by Gasteiger charge is 2.13. The van der Waals surface area contributed by atoms with Gasteiger partial charge in [0.2, 0.25) is 5.91 Å². The van der Waals surface area contributed by atoms with Crippen molar-refractivity contribution in [3.63, 3.8) is 0 Å². The molecule has 1 N–H and O–H groups in total. The van der Waals surface area contributed by atoms with Crippen molar-refractivity contribution < 1.29 is 9.59 Å². The minimum absolute atomic E-state index is 0.0551. The van der Waals surface area contributed by atoms with Crippen LogP contribution >= 0.6 is 11.3 Å². The lowest BCUT2D eigenvalue weighted by Gasteiger charge is -2.01. The van der Waals surface area contributed by atoms with Gasteiger partial charge in [-0.1, -0.05) is 0 Å². The Labute approximate surface area is 99.9 Å². The van der Waals surface area contributed by atoms with Crippen molar-refractivity contribution >= 4 is 23.0 Å². The molecule has 4 heteroatoms. The van der Waals surface area contributed by atoms with Crippen LogP contribution in [0.4, 0.5) is 0 Å². The van der Waals surface area contributed by atoms with Gasteiger partial charge in [0.15, 0.2) is 5.78 Å². The summed E-state index contributed by atoms with van der Waals surface area (Å²) >= 11 is 1.62. The fourth-order valence-electron chi connectivity index (χ4n) is 1.55. The third-order valence-corrected chi connectivity index (χ3v) is 3.26. The number of Topliss-reactive ketones (excluding diaryl/α,β-unsaturated/α-hetero) is 1. The molecule has 0 aliphatic rings. The number of hydrogen-bond acceptors (Lipinski definition) is 3. The van der Waals surface area contributed by atoms with Crippen LogP contribution in [0, 0.1) is 13.8 Å². The van der Waals surface area contributed by atoms with Crippen LogP contribution in [0.2, 0.25) is 0 Å². The molecule has 16 heavy (non-hydrogen) atoms. The average Bonchev–Trinajstić information content (AvgIpc) is 2.55. The molecule has 88 valence electrons. The molecule has 1 aromatic rings. The van der Waals surface area contributed by atoms with E-state index in [1.807, 2.05) is 26.8 Å². The van der Waals surface area contributed by atoms with E-state index in [-0.39, 0.29) is 18.1 Å². The van der Waals surface area contributed by atoms with Gasteiger partial charge < -0.3 is 5.32 Å². The van der Waals surface area contributed by atoms with E-state index in [9.17, 15) is 9.59 Å². The summed E-state index contributed by atoms with van der Waals surface area (Å²) in [5.41, 5.74) is 0.770. The molecule has 1 heterocycles. The summed E-state index contributed by atoms with van der Waals surface area (Å²) in [4.78, 5) is 25.2. The van der Waals surface area contributed by atoms with Crippen LogP contribution in [0.3, 0.4) is 0 Å². The van der Waals surface area contributed by atoms with Gasteiger partial charge in [-0.25, -0.2) is 0 Å². The Morgan fingerprint density at radius 3 is 2.50 bits per heavy atom. The van der Waals surface area contributed by atoms with E-state index in [1.54, 1.807) is 11.3 Å². The Balaban J connectivity index is 2.53. The predicted octanol–water partition coefficient (Wildman–Crippen LogP) is 2.46. The van der Waals surface area contributed by atoms with Gasteiger partial charge in [-0.2, -0.15) is 0 Å². The Bertz CT molecular complexity index is 396. The summed E-state index contributed by atoms with van der Waals surface area (Å²) in [5.74, 6) is 0.00792. The van der Waals surface area contributed by atoms with Crippen LogP contribution < -0.4 is 5.32 Å². The monoisotopic (exact) mass is 239 g/mol. The zero-order valence-corrected chi connectivity index (χ0v) is 10.7. The highest BCUT2D eigenvalue weighted by atomic mass is 32.1. The molecule has 0 atom stereocenters. The van der Waals surface area contributed by atoms with Crippen molar-refractivity contribution in [3.05, 3.63) is 21.4 Å². The van der Waals surface area contributed by atoms with Crippen LogP contribution in [-0.4, -0.2) is 18.2 Å². The van der Waals surface area contributed by atoms with Crippen molar-refractivity contribution in [1.82, 2.24) is 5.32 Å². The third kappa shape index (κ3) is 3.45. The molecule has 0 aromatic carbocycles. The molecule has 1 aromatic heterocycles. The topological polar surface area (TPSA) is 46.2 Å². The molecule has 0 aliphatic heterocycles. The number of amides is 1. The largest absolute Gasteiger partial charge is 0.356 e. The van der Waals surface area contributed by atoms with Crippen molar-refractivity contribution in [1.29, 1.82) is 0 Å². The Kier molecular flexibility index (Phi) is 4.68. The molecule has 0 saturated carbocycles. The number of nitrogens with one attached hydrogen (secondary N) is 1. The lowest BCUT2D eigenvalue weighted by atomic mass is 10.1. The number of hydrogen-bond donors (Lipinski definition) is 1. The maximum absolute atomic E-state index is 11.8. The number of ketones is 1. The quantitative estimate of drug-likeness (QED) is 0.802. The molecule has 1 amide bonds. The standard InChI is InChI=1S/C12H17NO2S/c1-4-13-12(15)6-5-11(14)10-7-8(2)16-9(10)3/h7H,4-6H2,1-3H3,(H,13,15). The van der Waals surface area contributed by atoms with Crippen molar-refractivity contribution in [2.45, 2.75) is 33.6 Å². The van der Waals surface area contributed by atoms with E-state index in [0.29, 0.717) is 13.0 Å². The second-order valence-electron chi connectivity index (χ2n) is 3.70. The number of thiophene rings is 1. The molecule has 0 aliphatic carbocycles. The highest BCUT2D eigenvalue weighted by molar-refractivity contribution is 7.12. The molecule has 1 rings (SSSR count). The minimum Gasteiger partial charge on any atom is -0.356 e. The van der Waals surface area contributed by atoms with E-state index < -0.39 is 0 Å². The van der Waals surface area contributed by atoms with Crippen LogP contribution in [0.1, 0.15) is 39.9 Å². The molecule has 0 unspecified atom stereocenters. The summed E-state index contributed by atoms with van der Waals surface area (Å²) < 4.78 is 0. The fourth-order valence-corrected chi connectivity index (χ4v) is 2.50. The summed E-state index contributed by atoms with van der Waals surface area (Å²) in [5, 5.41) is 2.68. The summed E-state index contributed by atoms with van der Waals surface area (Å²) in [6, 6.07) is 1.90. The lowest BCUT2D eigenvalue weighted by molar-refractivity contribution is -0.120. The van der Waals surface area contributed by atoms with Crippen LogP contribution in [-0.2, 0) is 4.79 Å². The van der Waals surface area contributed by atoms with Gasteiger partial charge in [0.1, 0.15) is 0 Å². The Morgan fingerprint density at radius 1 is 1.31 bits per heavy atom. The number of rotatable bonds is 5. The van der Waals surface area contributed by atoms with Crippen molar-refractivity contribution in [2.24, 2.45) is 0 Å². The van der Waals surface area contributed by atoms with Gasteiger partial charge in [-0.05, 0) is 26.8 Å². The average molecular weight is 239 g/mol. The van der Waals surface area contributed by atoms with Gasteiger partial charge in [0, 0.05) is 34.7 Å². The first-order chi connectivity index (χ1) is 7.54. The smallest absolute Gasteiger partial charge is 0.220 e. The molecule has 0 saturated heterocycles. The molecule has 0 fully saturated rings. The second kappa shape index (κ2) is 5.80. The molecule has 0 bridgehead atoms. The van der Waals surface area contributed by atoms with Gasteiger partial charge in [-0.15, -0.1) is 11.3 Å². The normalized spacial score (nSPS) is 10.2. The number of carbonyl (C=O) groups is 2. The number of carbonyl (C=O) groups excluding carboxylic acids is 2. The third-order valence-electron chi connectivity index (χ3n) is 2.29. The molecular weight excluding hydrogens is 222 g/mol. The van der Waals surface area contributed by atoms with Crippen molar-refractivity contribution in [3.8, 4) is 0 Å². The molecule has 0 radical (unpaired) electrons. The van der Waals surface area contributed by atoms with Gasteiger partial charge >= 0.3 is 0 Å². The molecular formula is C12H17NO2S. The molecule has 0 spiro atoms. The predicted molar refractivity (Wildman–Crippen MR) is 66.0 cm³/mol. The Hall–Kier alpha value is -1.16. The van der Waals surface area contributed by atoms with Crippen molar-refractivity contribution in [2.75, 3.05) is 6.54 Å². The number of aryl methyl sites for hydroxylation is 2. The van der Waals surface area contributed by atoms with E-state index in [0.717, 1.165) is 15.3 Å². The maximum Gasteiger partial charge on any atom is 0.220 e. The highest BCUT2D eigenvalue weighted by Crippen LogP contribution is 2.22. The first-order valence-electron chi connectivity index (χ1n) is 5.41. The van der Waals surface area contributed by atoms with E-state index in [1.165, 1.54) is 0 Å². The van der Waals surface area contributed by atoms with Crippen LogP contribution in [0.15, 0.2) is 6.07 Å². The second-order valence-corrected chi connectivity index (χ2v) is 5.16. The zero-order chi connectivity index (χ0) is 12.1. The van der Waals surface area contributed by atoms with E-state index in [4.69, 9.17) is 0 Å². The Morgan fingerprint density at radius 2 is 2.00 bits per heavy atom. The summed E-state index contributed by atoms with van der Waals surface area (Å²) in [6.07, 6.45) is 0.573. The fraction of sp³-hybridized carbons (Fsp3) is 0.500. The van der Waals surface area contributed by atoms with Crippen LogP contribution in [0.5, 0.6) is 0 Å². The zero-order valence-electron chi connectivity index (χ0n) is 9.92. The summed E-state index contributed by atoms with van der Waals surface area (Å²) in [7, 11) is 0. The van der Waals surface area contributed by atoms with Gasteiger partial charge in [-0.3, -0.25) is 9.59 Å².